The van der Waals surface area contributed by atoms with Gasteiger partial charge in [0.05, 0.1) is 6.10 Å². The minimum Gasteiger partial charge on any atom is -0.462 e. The largest absolute Gasteiger partial charge is 0.462 e. The summed E-state index contributed by atoms with van der Waals surface area (Å²) in [4.78, 5) is 48.5. The van der Waals surface area contributed by atoms with Gasteiger partial charge in [0, 0.05) is 32.1 Å². The third-order valence-electron chi connectivity index (χ3n) is 7.59. The smallest absolute Gasteiger partial charge is 0.308 e. The molecule has 0 bridgehead atoms. The molecule has 34 heavy (non-hydrogen) atoms. The van der Waals surface area contributed by atoms with E-state index in [-0.39, 0.29) is 24.1 Å². The van der Waals surface area contributed by atoms with E-state index >= 15 is 0 Å². The maximum atomic E-state index is 13.6. The third kappa shape index (κ3) is 5.59. The SMILES string of the molecule is CC(=O)OC/C=C(\C)[C@H](C[C@@H]1C(C)=C(OC(C)=O)C(=O)[C@@H]2C(C)(C)[C@@H](O)CC[C@]12C)OC(C)=O. The van der Waals surface area contributed by atoms with E-state index in [1.54, 1.807) is 19.9 Å². The summed E-state index contributed by atoms with van der Waals surface area (Å²) in [6.07, 6.45) is 1.86. The number of carbonyl (C=O) groups is 4. The van der Waals surface area contributed by atoms with Gasteiger partial charge in [0.25, 0.3) is 0 Å². The Kier molecular flexibility index (Phi) is 8.51. The van der Waals surface area contributed by atoms with E-state index in [1.807, 2.05) is 20.8 Å². The zero-order chi connectivity index (χ0) is 26.0. The molecule has 0 aliphatic heterocycles. The minimum absolute atomic E-state index is 0.0188. The van der Waals surface area contributed by atoms with Crippen LogP contribution in [0.3, 0.4) is 0 Å². The fourth-order valence-electron chi connectivity index (χ4n) is 5.88. The van der Waals surface area contributed by atoms with Gasteiger partial charge in [-0.05, 0) is 61.7 Å². The predicted molar refractivity (Wildman–Crippen MR) is 124 cm³/mol. The fraction of sp³-hybridized carbons (Fsp3) is 0.692. The van der Waals surface area contributed by atoms with Crippen molar-refractivity contribution < 1.29 is 38.5 Å². The number of carbonyl (C=O) groups excluding carboxylic acids is 4. The van der Waals surface area contributed by atoms with Gasteiger partial charge in [0.2, 0.25) is 5.78 Å². The van der Waals surface area contributed by atoms with Crippen LogP contribution in [-0.4, -0.2) is 47.6 Å². The number of hydrogen-bond acceptors (Lipinski definition) is 8. The Morgan fingerprint density at radius 2 is 1.71 bits per heavy atom. The molecular weight excluding hydrogens is 440 g/mol. The van der Waals surface area contributed by atoms with Crippen LogP contribution in [-0.2, 0) is 33.4 Å². The van der Waals surface area contributed by atoms with Gasteiger partial charge in [-0.1, -0.05) is 20.8 Å². The van der Waals surface area contributed by atoms with Crippen LogP contribution in [0.5, 0.6) is 0 Å². The molecule has 5 atom stereocenters. The highest BCUT2D eigenvalue weighted by Crippen LogP contribution is 2.61. The summed E-state index contributed by atoms with van der Waals surface area (Å²) in [6.45, 7) is 13.3. The summed E-state index contributed by atoms with van der Waals surface area (Å²) in [6, 6.07) is 0. The first-order chi connectivity index (χ1) is 15.6. The highest BCUT2D eigenvalue weighted by atomic mass is 16.5. The lowest BCUT2D eigenvalue weighted by atomic mass is 9.46. The summed E-state index contributed by atoms with van der Waals surface area (Å²) in [7, 11) is 0. The van der Waals surface area contributed by atoms with Crippen LogP contribution in [0.1, 0.15) is 74.7 Å². The molecule has 0 amide bonds. The molecule has 8 nitrogen and oxygen atoms in total. The Morgan fingerprint density at radius 3 is 2.24 bits per heavy atom. The molecular formula is C26H38O8. The van der Waals surface area contributed by atoms with Crippen molar-refractivity contribution in [3.63, 3.8) is 0 Å². The van der Waals surface area contributed by atoms with Crippen molar-refractivity contribution in [1.29, 1.82) is 0 Å². The zero-order valence-electron chi connectivity index (χ0n) is 21.5. The first-order valence-corrected chi connectivity index (χ1v) is 11.7. The summed E-state index contributed by atoms with van der Waals surface area (Å²) >= 11 is 0. The Labute approximate surface area is 201 Å². The number of ketones is 1. The van der Waals surface area contributed by atoms with Crippen LogP contribution in [0.4, 0.5) is 0 Å². The van der Waals surface area contributed by atoms with E-state index in [2.05, 4.69) is 0 Å². The van der Waals surface area contributed by atoms with Crippen molar-refractivity contribution in [2.24, 2.45) is 22.7 Å². The normalized spacial score (nSPS) is 29.7. The highest BCUT2D eigenvalue weighted by Gasteiger charge is 2.61. The van der Waals surface area contributed by atoms with E-state index in [0.717, 1.165) is 0 Å². The standard InChI is InChI=1S/C26H38O8/c1-14(10-12-32-16(3)27)20(33-17(4)28)13-19-15(2)23(34-18(5)29)22(31)24-25(6,7)21(30)9-11-26(19,24)8/h10,19-21,24,30H,9,11-13H2,1-8H3/b14-10+/t19-,20+,21+,24-,26-/m1/s1. The van der Waals surface area contributed by atoms with Gasteiger partial charge >= 0.3 is 17.9 Å². The third-order valence-corrected chi connectivity index (χ3v) is 7.59. The van der Waals surface area contributed by atoms with Crippen molar-refractivity contribution in [3.05, 3.63) is 23.0 Å². The van der Waals surface area contributed by atoms with Gasteiger partial charge in [-0.25, -0.2) is 0 Å². The average Bonchev–Trinajstić information content (AvgIpc) is 2.69. The van der Waals surface area contributed by atoms with Crippen molar-refractivity contribution in [2.75, 3.05) is 6.61 Å². The van der Waals surface area contributed by atoms with Crippen molar-refractivity contribution in [1.82, 2.24) is 0 Å². The van der Waals surface area contributed by atoms with Crippen LogP contribution >= 0.6 is 0 Å². The molecule has 0 unspecified atom stereocenters. The maximum Gasteiger partial charge on any atom is 0.308 e. The number of ether oxygens (including phenoxy) is 3. The van der Waals surface area contributed by atoms with Crippen LogP contribution in [0, 0.1) is 22.7 Å². The van der Waals surface area contributed by atoms with E-state index in [1.165, 1.54) is 20.8 Å². The van der Waals surface area contributed by atoms with E-state index in [9.17, 15) is 24.3 Å². The van der Waals surface area contributed by atoms with E-state index in [4.69, 9.17) is 14.2 Å². The molecule has 0 aromatic carbocycles. The molecule has 0 aromatic heterocycles. The second-order valence-electron chi connectivity index (χ2n) is 10.4. The van der Waals surface area contributed by atoms with Gasteiger partial charge < -0.3 is 19.3 Å². The molecule has 1 N–H and O–H groups in total. The number of hydrogen-bond donors (Lipinski definition) is 1. The lowest BCUT2D eigenvalue weighted by molar-refractivity contribution is -0.163. The lowest BCUT2D eigenvalue weighted by Crippen LogP contribution is -2.59. The second-order valence-corrected chi connectivity index (χ2v) is 10.4. The number of esters is 3. The molecule has 0 heterocycles. The molecule has 1 fully saturated rings. The average molecular weight is 479 g/mol. The summed E-state index contributed by atoms with van der Waals surface area (Å²) in [5, 5.41) is 10.8. The summed E-state index contributed by atoms with van der Waals surface area (Å²) < 4.78 is 16.1. The molecule has 2 aliphatic carbocycles. The molecule has 190 valence electrons. The maximum absolute atomic E-state index is 13.6. The molecule has 0 saturated heterocycles. The molecule has 1 saturated carbocycles. The topological polar surface area (TPSA) is 116 Å². The first kappa shape index (κ1) is 27.8. The van der Waals surface area contributed by atoms with Crippen LogP contribution < -0.4 is 0 Å². The number of fused-ring (bicyclic) bond motifs is 1. The second kappa shape index (κ2) is 10.4. The lowest BCUT2D eigenvalue weighted by Gasteiger charge is -2.58. The predicted octanol–water partition coefficient (Wildman–Crippen LogP) is 3.66. The summed E-state index contributed by atoms with van der Waals surface area (Å²) in [5.74, 6) is -2.57. The van der Waals surface area contributed by atoms with Crippen LogP contribution in [0.25, 0.3) is 0 Å². The van der Waals surface area contributed by atoms with Crippen LogP contribution in [0.2, 0.25) is 0 Å². The van der Waals surface area contributed by atoms with Gasteiger partial charge in [-0.3, -0.25) is 19.2 Å². The first-order valence-electron chi connectivity index (χ1n) is 11.7. The van der Waals surface area contributed by atoms with Crippen molar-refractivity contribution in [2.45, 2.75) is 86.9 Å². The number of rotatable bonds is 7. The summed E-state index contributed by atoms with van der Waals surface area (Å²) in [5.41, 5.74) is 0.0507. The molecule has 2 aliphatic rings. The number of Topliss-reactive ketones (excluding diaryl/α,β-unsaturated/α-hetero) is 1. The molecule has 0 aromatic rings. The monoisotopic (exact) mass is 478 g/mol. The van der Waals surface area contributed by atoms with Gasteiger partial charge in [-0.15, -0.1) is 0 Å². The fourth-order valence-corrected chi connectivity index (χ4v) is 5.88. The Hall–Kier alpha value is -2.48. The number of aliphatic hydroxyl groups excluding tert-OH is 1. The van der Waals surface area contributed by atoms with Gasteiger partial charge in [-0.2, -0.15) is 0 Å². The van der Waals surface area contributed by atoms with Gasteiger partial charge in [0.1, 0.15) is 12.7 Å². The Bertz CT molecular complexity index is 912. The Morgan fingerprint density at radius 1 is 1.09 bits per heavy atom. The van der Waals surface area contributed by atoms with Crippen molar-refractivity contribution in [3.8, 4) is 0 Å². The molecule has 8 heteroatoms. The van der Waals surface area contributed by atoms with E-state index < -0.39 is 46.9 Å². The molecule has 2 rings (SSSR count). The highest BCUT2D eigenvalue weighted by molar-refractivity contribution is 6.00. The Balaban J connectivity index is 2.58. The molecule has 0 radical (unpaired) electrons. The number of allylic oxidation sites excluding steroid dienone is 2. The van der Waals surface area contributed by atoms with E-state index in [0.29, 0.717) is 30.4 Å². The number of aliphatic hydroxyl groups is 1. The quantitative estimate of drug-likeness (QED) is 0.335. The van der Waals surface area contributed by atoms with Gasteiger partial charge in [0.15, 0.2) is 5.76 Å². The minimum atomic E-state index is -0.744. The zero-order valence-corrected chi connectivity index (χ0v) is 21.5. The van der Waals surface area contributed by atoms with Crippen molar-refractivity contribution >= 4 is 23.7 Å². The molecule has 0 spiro atoms. The van der Waals surface area contributed by atoms with Crippen LogP contribution in [0.15, 0.2) is 23.0 Å².